The molecular formula is C23H30ClN2O3+. The molecule has 0 unspecified atom stereocenters. The van der Waals surface area contributed by atoms with Crippen LogP contribution in [0.3, 0.4) is 0 Å². The number of halogens is 1. The zero-order valence-corrected chi connectivity index (χ0v) is 17.7. The molecule has 0 bridgehead atoms. The van der Waals surface area contributed by atoms with Crippen molar-refractivity contribution >= 4 is 17.3 Å². The fourth-order valence-corrected chi connectivity index (χ4v) is 3.85. The summed E-state index contributed by atoms with van der Waals surface area (Å²) in [5.74, 6) is 1.33. The minimum atomic E-state index is -0.528. The molecule has 2 aromatic carbocycles. The van der Waals surface area contributed by atoms with Crippen LogP contribution in [0.5, 0.6) is 11.5 Å². The normalized spacial score (nSPS) is 15.8. The number of benzene rings is 2. The number of anilines is 1. The monoisotopic (exact) mass is 417 g/mol. The Bertz CT molecular complexity index is 806. The average Bonchev–Trinajstić information content (AvgIpc) is 2.73. The summed E-state index contributed by atoms with van der Waals surface area (Å²) in [4.78, 5) is 3.72. The van der Waals surface area contributed by atoms with Crippen molar-refractivity contribution in [2.45, 2.75) is 12.5 Å². The van der Waals surface area contributed by atoms with Gasteiger partial charge in [0.15, 0.2) is 11.5 Å². The van der Waals surface area contributed by atoms with E-state index in [0.29, 0.717) is 18.0 Å². The lowest BCUT2D eigenvalue weighted by Gasteiger charge is -2.34. The van der Waals surface area contributed by atoms with Gasteiger partial charge < -0.3 is 24.4 Å². The Morgan fingerprint density at radius 2 is 2.00 bits per heavy atom. The molecule has 2 N–H and O–H groups in total. The molecule has 6 heteroatoms. The first-order valence-corrected chi connectivity index (χ1v) is 10.4. The van der Waals surface area contributed by atoms with E-state index in [2.05, 4.69) is 17.5 Å². The molecule has 0 saturated carbocycles. The Labute approximate surface area is 178 Å². The molecule has 1 aliphatic rings. The molecule has 29 heavy (non-hydrogen) atoms. The van der Waals surface area contributed by atoms with Crippen LogP contribution in [0.25, 0.3) is 0 Å². The van der Waals surface area contributed by atoms with E-state index in [4.69, 9.17) is 21.1 Å². The third-order valence-corrected chi connectivity index (χ3v) is 5.44. The molecule has 2 aromatic rings. The highest BCUT2D eigenvalue weighted by Gasteiger charge is 2.23. The summed E-state index contributed by atoms with van der Waals surface area (Å²) >= 11 is 6.10. The van der Waals surface area contributed by atoms with Crippen LogP contribution in [-0.2, 0) is 6.42 Å². The molecule has 0 aliphatic carbocycles. The lowest BCUT2D eigenvalue weighted by Crippen LogP contribution is -3.16. The van der Waals surface area contributed by atoms with Crippen LogP contribution in [-0.4, -0.2) is 57.7 Å². The Balaban J connectivity index is 1.46. The van der Waals surface area contributed by atoms with E-state index < -0.39 is 6.10 Å². The fourth-order valence-electron chi connectivity index (χ4n) is 3.66. The summed E-state index contributed by atoms with van der Waals surface area (Å²) in [5.41, 5.74) is 2.28. The summed E-state index contributed by atoms with van der Waals surface area (Å²) in [6.45, 7) is 8.52. The maximum absolute atomic E-state index is 10.5. The quantitative estimate of drug-likeness (QED) is 0.614. The van der Waals surface area contributed by atoms with Gasteiger partial charge in [-0.1, -0.05) is 29.8 Å². The molecular weight excluding hydrogens is 388 g/mol. The predicted octanol–water partition coefficient (Wildman–Crippen LogP) is 2.22. The molecule has 1 aliphatic heterocycles. The van der Waals surface area contributed by atoms with Crippen molar-refractivity contribution in [3.63, 3.8) is 0 Å². The minimum absolute atomic E-state index is 0.249. The lowest BCUT2D eigenvalue weighted by molar-refractivity contribution is -0.903. The summed E-state index contributed by atoms with van der Waals surface area (Å²) in [5, 5.41) is 11.2. The topological polar surface area (TPSA) is 46.4 Å². The second-order valence-corrected chi connectivity index (χ2v) is 7.80. The smallest absolute Gasteiger partial charge is 0.161 e. The molecule has 156 valence electrons. The van der Waals surface area contributed by atoms with Crippen LogP contribution in [0, 0.1) is 0 Å². The highest BCUT2D eigenvalue weighted by Crippen LogP contribution is 2.28. The van der Waals surface area contributed by atoms with Crippen LogP contribution < -0.4 is 19.3 Å². The van der Waals surface area contributed by atoms with Gasteiger partial charge in [0, 0.05) is 10.7 Å². The number of nitrogens with zero attached hydrogens (tertiary/aromatic N) is 1. The predicted molar refractivity (Wildman–Crippen MR) is 118 cm³/mol. The van der Waals surface area contributed by atoms with Crippen molar-refractivity contribution < 1.29 is 19.5 Å². The second-order valence-electron chi connectivity index (χ2n) is 7.36. The summed E-state index contributed by atoms with van der Waals surface area (Å²) in [7, 11) is 1.62. The zero-order chi connectivity index (χ0) is 20.6. The number of aliphatic hydroxyl groups is 1. The number of aliphatic hydroxyl groups excluding tert-OH is 1. The number of quaternary nitrogens is 1. The zero-order valence-electron chi connectivity index (χ0n) is 16.9. The molecule has 0 amide bonds. The van der Waals surface area contributed by atoms with Crippen LogP contribution in [0.4, 0.5) is 5.69 Å². The number of piperazine rings is 1. The average molecular weight is 418 g/mol. The number of methoxy groups -OCH3 is 1. The first kappa shape index (κ1) is 21.5. The fraction of sp³-hybridized carbons (Fsp3) is 0.391. The first-order valence-electron chi connectivity index (χ1n) is 10.0. The Kier molecular flexibility index (Phi) is 7.81. The van der Waals surface area contributed by atoms with E-state index in [1.165, 1.54) is 4.90 Å². The Morgan fingerprint density at radius 3 is 2.69 bits per heavy atom. The lowest BCUT2D eigenvalue weighted by atomic mass is 10.1. The molecule has 0 spiro atoms. The van der Waals surface area contributed by atoms with Gasteiger partial charge in [0.05, 0.1) is 33.3 Å². The molecule has 1 atom stereocenters. The van der Waals surface area contributed by atoms with Crippen molar-refractivity contribution in [3.05, 3.63) is 65.7 Å². The van der Waals surface area contributed by atoms with E-state index in [9.17, 15) is 5.11 Å². The van der Waals surface area contributed by atoms with Gasteiger partial charge >= 0.3 is 0 Å². The Morgan fingerprint density at radius 1 is 1.21 bits per heavy atom. The van der Waals surface area contributed by atoms with Crippen LogP contribution >= 0.6 is 11.6 Å². The van der Waals surface area contributed by atoms with Crippen LogP contribution in [0.1, 0.15) is 5.56 Å². The number of rotatable bonds is 9. The van der Waals surface area contributed by atoms with Gasteiger partial charge in [-0.2, -0.15) is 0 Å². The number of hydrogen-bond acceptors (Lipinski definition) is 4. The molecule has 3 rings (SSSR count). The van der Waals surface area contributed by atoms with Crippen LogP contribution in [0.2, 0.25) is 5.02 Å². The molecule has 1 saturated heterocycles. The largest absolute Gasteiger partial charge is 0.493 e. The molecule has 0 radical (unpaired) electrons. The maximum atomic E-state index is 10.5. The number of ether oxygens (including phenoxy) is 2. The highest BCUT2D eigenvalue weighted by molar-refractivity contribution is 6.30. The van der Waals surface area contributed by atoms with Crippen molar-refractivity contribution in [2.24, 2.45) is 0 Å². The van der Waals surface area contributed by atoms with Crippen molar-refractivity contribution in [3.8, 4) is 11.5 Å². The van der Waals surface area contributed by atoms with Crippen LogP contribution in [0.15, 0.2) is 55.1 Å². The highest BCUT2D eigenvalue weighted by atomic mass is 35.5. The number of allylic oxidation sites excluding steroid dienone is 1. The minimum Gasteiger partial charge on any atom is -0.493 e. The van der Waals surface area contributed by atoms with Gasteiger partial charge in [0.1, 0.15) is 19.3 Å². The standard InChI is InChI=1S/C23H29ClN2O3/c1-3-5-18-8-9-22(23(14-18)28-2)29-17-21(27)16-25-10-12-26(13-11-25)20-7-4-6-19(24)15-20/h3-4,6-9,14-15,21,27H,1,5,10-13,16-17H2,2H3/p+1/t21-/m1/s1. The number of hydrogen-bond donors (Lipinski definition) is 2. The first-order chi connectivity index (χ1) is 14.1. The molecule has 5 nitrogen and oxygen atoms in total. The van der Waals surface area contributed by atoms with Gasteiger partial charge in [0.2, 0.25) is 0 Å². The summed E-state index contributed by atoms with van der Waals surface area (Å²) in [6.07, 6.45) is 2.11. The van der Waals surface area contributed by atoms with Gasteiger partial charge in [0.25, 0.3) is 0 Å². The van der Waals surface area contributed by atoms with Gasteiger partial charge in [-0.25, -0.2) is 0 Å². The second kappa shape index (κ2) is 10.5. The van der Waals surface area contributed by atoms with E-state index in [-0.39, 0.29) is 6.61 Å². The third kappa shape index (κ3) is 6.13. The van der Waals surface area contributed by atoms with E-state index in [1.807, 2.05) is 42.5 Å². The summed E-state index contributed by atoms with van der Waals surface area (Å²) in [6, 6.07) is 13.8. The summed E-state index contributed by atoms with van der Waals surface area (Å²) < 4.78 is 11.2. The van der Waals surface area contributed by atoms with E-state index >= 15 is 0 Å². The third-order valence-electron chi connectivity index (χ3n) is 5.21. The maximum Gasteiger partial charge on any atom is 0.161 e. The molecule has 1 heterocycles. The van der Waals surface area contributed by atoms with E-state index in [1.54, 1.807) is 7.11 Å². The van der Waals surface area contributed by atoms with Gasteiger partial charge in [-0.05, 0) is 42.3 Å². The van der Waals surface area contributed by atoms with Crippen molar-refractivity contribution in [2.75, 3.05) is 51.3 Å². The van der Waals surface area contributed by atoms with E-state index in [0.717, 1.165) is 48.9 Å². The van der Waals surface area contributed by atoms with Gasteiger partial charge in [-0.3, -0.25) is 0 Å². The van der Waals surface area contributed by atoms with Crippen molar-refractivity contribution in [1.29, 1.82) is 0 Å². The Hall–Kier alpha value is -2.21. The molecule has 1 fully saturated rings. The SMILES string of the molecule is C=CCc1ccc(OC[C@H](O)C[NH+]2CCN(c3cccc(Cl)c3)CC2)c(OC)c1. The number of nitrogens with one attached hydrogen (secondary N) is 1. The van der Waals surface area contributed by atoms with Crippen molar-refractivity contribution in [1.82, 2.24) is 0 Å². The molecule has 0 aromatic heterocycles. The van der Waals surface area contributed by atoms with Gasteiger partial charge in [-0.15, -0.1) is 6.58 Å².